The SMILES string of the molecule is C[C@@H](CS(=O)(=O)CCCCCN1CC(=O)NC1=O)c1ccc(F)c(OCC(C)(C)O)c1. The van der Waals surface area contributed by atoms with E-state index in [9.17, 15) is 27.5 Å². The Kier molecular flexibility index (Phi) is 8.41. The van der Waals surface area contributed by atoms with Crippen LogP contribution < -0.4 is 10.1 Å². The van der Waals surface area contributed by atoms with E-state index < -0.39 is 27.3 Å². The molecule has 1 aliphatic rings. The molecule has 3 amide bonds. The van der Waals surface area contributed by atoms with E-state index >= 15 is 0 Å². The Morgan fingerprint density at radius 3 is 2.58 bits per heavy atom. The summed E-state index contributed by atoms with van der Waals surface area (Å²) in [5.41, 5.74) is -0.480. The fourth-order valence-corrected chi connectivity index (χ4v) is 4.98. The van der Waals surface area contributed by atoms with Gasteiger partial charge in [0, 0.05) is 6.54 Å². The van der Waals surface area contributed by atoms with Gasteiger partial charge in [0.2, 0.25) is 5.91 Å². The lowest BCUT2D eigenvalue weighted by molar-refractivity contribution is -0.118. The highest BCUT2D eigenvalue weighted by Gasteiger charge is 2.26. The number of aliphatic hydroxyl groups is 1. The smallest absolute Gasteiger partial charge is 0.324 e. The van der Waals surface area contributed by atoms with E-state index in [0.29, 0.717) is 31.4 Å². The zero-order valence-electron chi connectivity index (χ0n) is 18.2. The van der Waals surface area contributed by atoms with Crippen LogP contribution in [0.3, 0.4) is 0 Å². The molecule has 1 atom stereocenters. The Hall–Kier alpha value is -2.20. The zero-order valence-corrected chi connectivity index (χ0v) is 19.0. The third-order valence-electron chi connectivity index (χ3n) is 4.86. The summed E-state index contributed by atoms with van der Waals surface area (Å²) in [6.45, 7) is 5.22. The molecule has 2 rings (SSSR count). The molecule has 0 unspecified atom stereocenters. The Morgan fingerprint density at radius 2 is 1.97 bits per heavy atom. The van der Waals surface area contributed by atoms with E-state index in [1.807, 2.05) is 0 Å². The van der Waals surface area contributed by atoms with Gasteiger partial charge in [0.05, 0.1) is 17.1 Å². The predicted octanol–water partition coefficient (Wildman–Crippen LogP) is 2.22. The van der Waals surface area contributed by atoms with Gasteiger partial charge in [-0.25, -0.2) is 17.6 Å². The van der Waals surface area contributed by atoms with E-state index in [1.165, 1.54) is 23.1 Å². The third-order valence-corrected chi connectivity index (χ3v) is 6.78. The van der Waals surface area contributed by atoms with Gasteiger partial charge >= 0.3 is 6.03 Å². The van der Waals surface area contributed by atoms with Crippen LogP contribution in [0.25, 0.3) is 0 Å². The molecule has 8 nitrogen and oxygen atoms in total. The molecule has 1 aromatic rings. The molecule has 1 heterocycles. The van der Waals surface area contributed by atoms with Crippen molar-refractivity contribution in [2.24, 2.45) is 0 Å². The number of nitrogens with one attached hydrogen (secondary N) is 1. The Morgan fingerprint density at radius 1 is 1.26 bits per heavy atom. The van der Waals surface area contributed by atoms with Crippen molar-refractivity contribution >= 4 is 21.8 Å². The van der Waals surface area contributed by atoms with Crippen LogP contribution in [-0.2, 0) is 14.6 Å². The fraction of sp³-hybridized carbons (Fsp3) is 0.619. The summed E-state index contributed by atoms with van der Waals surface area (Å²) < 4.78 is 44.3. The van der Waals surface area contributed by atoms with Crippen molar-refractivity contribution in [1.29, 1.82) is 0 Å². The second kappa shape index (κ2) is 10.4. The molecular formula is C21H31FN2O6S. The standard InChI is InChI=1S/C21H31FN2O6S/c1-15(16-7-8-17(22)18(11-16)30-14-21(2,3)27)13-31(28,29)10-6-4-5-9-24-12-19(25)23-20(24)26/h7-8,11,15,27H,4-6,9-10,12-14H2,1-3H3,(H,23,25,26)/t15-/m0/s1. The minimum absolute atomic E-state index is 0.0196. The van der Waals surface area contributed by atoms with Crippen molar-refractivity contribution in [1.82, 2.24) is 10.2 Å². The van der Waals surface area contributed by atoms with Gasteiger partial charge in [0.15, 0.2) is 21.4 Å². The van der Waals surface area contributed by atoms with Gasteiger partial charge in [0.25, 0.3) is 0 Å². The van der Waals surface area contributed by atoms with Crippen LogP contribution in [-0.4, -0.2) is 67.2 Å². The fourth-order valence-electron chi connectivity index (χ4n) is 3.22. The van der Waals surface area contributed by atoms with Crippen molar-refractivity contribution in [3.8, 4) is 5.75 Å². The molecule has 0 bridgehead atoms. The lowest BCUT2D eigenvalue weighted by Crippen LogP contribution is -2.29. The molecule has 1 aromatic carbocycles. The number of urea groups is 1. The van der Waals surface area contributed by atoms with Crippen LogP contribution in [0.1, 0.15) is 51.5 Å². The number of halogens is 1. The van der Waals surface area contributed by atoms with Crippen molar-refractivity contribution in [3.05, 3.63) is 29.6 Å². The molecule has 1 aliphatic heterocycles. The number of carbonyl (C=O) groups is 2. The number of hydrogen-bond acceptors (Lipinski definition) is 6. The number of carbonyl (C=O) groups excluding carboxylic acids is 2. The highest BCUT2D eigenvalue weighted by molar-refractivity contribution is 7.91. The number of hydrogen-bond donors (Lipinski definition) is 2. The van der Waals surface area contributed by atoms with Gasteiger partial charge in [-0.2, -0.15) is 0 Å². The molecule has 1 fully saturated rings. The maximum Gasteiger partial charge on any atom is 0.324 e. The van der Waals surface area contributed by atoms with Gasteiger partial charge < -0.3 is 14.7 Å². The molecule has 0 radical (unpaired) electrons. The third kappa shape index (κ3) is 8.45. The Labute approximate surface area is 182 Å². The Balaban J connectivity index is 1.81. The lowest BCUT2D eigenvalue weighted by atomic mass is 10.0. The van der Waals surface area contributed by atoms with Gasteiger partial charge in [0.1, 0.15) is 13.2 Å². The first-order chi connectivity index (χ1) is 14.4. The number of amides is 3. The summed E-state index contributed by atoms with van der Waals surface area (Å²) >= 11 is 0. The normalized spacial score (nSPS) is 15.8. The summed E-state index contributed by atoms with van der Waals surface area (Å²) in [5.74, 6) is -1.33. The number of rotatable bonds is 12. The molecule has 10 heteroatoms. The zero-order chi connectivity index (χ0) is 23.2. The molecule has 2 N–H and O–H groups in total. The monoisotopic (exact) mass is 458 g/mol. The average Bonchev–Trinajstić information content (AvgIpc) is 2.96. The van der Waals surface area contributed by atoms with E-state index in [-0.39, 0.29) is 42.2 Å². The summed E-state index contributed by atoms with van der Waals surface area (Å²) in [4.78, 5) is 24.0. The van der Waals surface area contributed by atoms with E-state index in [4.69, 9.17) is 4.74 Å². The van der Waals surface area contributed by atoms with Crippen molar-refractivity contribution in [2.75, 3.05) is 31.2 Å². The molecule has 0 aliphatic carbocycles. The van der Waals surface area contributed by atoms with Crippen LogP contribution in [0.5, 0.6) is 5.75 Å². The van der Waals surface area contributed by atoms with E-state index in [1.54, 1.807) is 20.8 Å². The maximum atomic E-state index is 14.0. The molecule has 0 spiro atoms. The summed E-state index contributed by atoms with van der Waals surface area (Å²) in [7, 11) is -3.33. The quantitative estimate of drug-likeness (QED) is 0.367. The number of benzene rings is 1. The molecule has 0 saturated carbocycles. The topological polar surface area (TPSA) is 113 Å². The molecule has 1 saturated heterocycles. The predicted molar refractivity (Wildman–Crippen MR) is 114 cm³/mol. The first-order valence-electron chi connectivity index (χ1n) is 10.3. The first kappa shape index (κ1) is 25.1. The van der Waals surface area contributed by atoms with Crippen LogP contribution in [0.2, 0.25) is 0 Å². The second-order valence-corrected chi connectivity index (χ2v) is 10.9. The van der Waals surface area contributed by atoms with Crippen molar-refractivity contribution in [3.63, 3.8) is 0 Å². The lowest BCUT2D eigenvalue weighted by Gasteiger charge is -2.19. The minimum atomic E-state index is -3.33. The molecule has 31 heavy (non-hydrogen) atoms. The second-order valence-electron chi connectivity index (χ2n) is 8.64. The van der Waals surface area contributed by atoms with Gasteiger partial charge in [-0.1, -0.05) is 19.4 Å². The highest BCUT2D eigenvalue weighted by Crippen LogP contribution is 2.26. The maximum absolute atomic E-state index is 14.0. The summed E-state index contributed by atoms with van der Waals surface area (Å²) in [5, 5.41) is 11.9. The Bertz CT molecular complexity index is 898. The number of ether oxygens (including phenoxy) is 1. The van der Waals surface area contributed by atoms with Crippen LogP contribution in [0.15, 0.2) is 18.2 Å². The summed E-state index contributed by atoms with van der Waals surface area (Å²) in [6.07, 6.45) is 1.70. The minimum Gasteiger partial charge on any atom is -0.488 e. The van der Waals surface area contributed by atoms with Crippen LogP contribution in [0, 0.1) is 5.82 Å². The molecule has 174 valence electrons. The number of imide groups is 1. The van der Waals surface area contributed by atoms with Crippen LogP contribution >= 0.6 is 0 Å². The molecular weight excluding hydrogens is 427 g/mol. The van der Waals surface area contributed by atoms with E-state index in [2.05, 4.69) is 5.32 Å². The summed E-state index contributed by atoms with van der Waals surface area (Å²) in [6, 6.07) is 3.84. The largest absolute Gasteiger partial charge is 0.488 e. The first-order valence-corrected chi connectivity index (χ1v) is 12.1. The van der Waals surface area contributed by atoms with Gasteiger partial charge in [-0.05, 0) is 50.3 Å². The van der Waals surface area contributed by atoms with E-state index in [0.717, 1.165) is 0 Å². The number of sulfone groups is 1. The highest BCUT2D eigenvalue weighted by atomic mass is 32.2. The van der Waals surface area contributed by atoms with Crippen molar-refractivity contribution < 1.29 is 32.2 Å². The van der Waals surface area contributed by atoms with Gasteiger partial charge in [-0.15, -0.1) is 0 Å². The molecule has 0 aromatic heterocycles. The number of unbranched alkanes of at least 4 members (excludes halogenated alkanes) is 2. The van der Waals surface area contributed by atoms with Gasteiger partial charge in [-0.3, -0.25) is 10.1 Å². The van der Waals surface area contributed by atoms with Crippen LogP contribution in [0.4, 0.5) is 9.18 Å². The van der Waals surface area contributed by atoms with Crippen molar-refractivity contribution in [2.45, 2.75) is 51.6 Å². The number of nitrogens with zero attached hydrogens (tertiary/aromatic N) is 1. The average molecular weight is 459 g/mol.